The van der Waals surface area contributed by atoms with E-state index < -0.39 is 0 Å². The second-order valence-electron chi connectivity index (χ2n) is 4.37. The van der Waals surface area contributed by atoms with Crippen molar-refractivity contribution in [2.45, 2.75) is 40.7 Å². The first-order chi connectivity index (χ1) is 8.61. The molecule has 0 atom stereocenters. The van der Waals surface area contributed by atoms with Crippen LogP contribution in [0.3, 0.4) is 0 Å². The summed E-state index contributed by atoms with van der Waals surface area (Å²) in [4.78, 5) is 12.1. The lowest BCUT2D eigenvalue weighted by atomic mass is 10.2. The van der Waals surface area contributed by atoms with Crippen LogP contribution in [0.2, 0.25) is 0 Å². The number of amides is 1. The minimum atomic E-state index is -0.0250. The van der Waals surface area contributed by atoms with E-state index in [-0.39, 0.29) is 5.91 Å². The van der Waals surface area contributed by atoms with Gasteiger partial charge < -0.3 is 10.6 Å². The lowest BCUT2D eigenvalue weighted by Crippen LogP contribution is -2.32. The molecule has 0 aliphatic carbocycles. The first-order valence-corrected chi connectivity index (χ1v) is 6.64. The van der Waals surface area contributed by atoms with E-state index in [9.17, 15) is 4.79 Å². The van der Waals surface area contributed by atoms with E-state index in [4.69, 9.17) is 0 Å². The number of carbonyl (C=O) groups excluding carboxylic acids is 1. The van der Waals surface area contributed by atoms with E-state index >= 15 is 0 Å². The van der Waals surface area contributed by atoms with Crippen molar-refractivity contribution in [1.29, 1.82) is 0 Å². The maximum atomic E-state index is 12.1. The van der Waals surface area contributed by atoms with Gasteiger partial charge >= 0.3 is 0 Å². The molecule has 18 heavy (non-hydrogen) atoms. The van der Waals surface area contributed by atoms with Gasteiger partial charge in [0.2, 0.25) is 0 Å². The zero-order chi connectivity index (χ0) is 13.5. The monoisotopic (exact) mass is 252 g/mol. The van der Waals surface area contributed by atoms with Gasteiger partial charge in [-0.05, 0) is 33.7 Å². The van der Waals surface area contributed by atoms with Gasteiger partial charge in [-0.15, -0.1) is 0 Å². The van der Waals surface area contributed by atoms with Gasteiger partial charge in [0.15, 0.2) is 0 Å². The topological polar surface area (TPSA) is 58.9 Å². The molecule has 102 valence electrons. The summed E-state index contributed by atoms with van der Waals surface area (Å²) in [5.41, 5.74) is 2.45. The predicted molar refractivity (Wildman–Crippen MR) is 72.9 cm³/mol. The van der Waals surface area contributed by atoms with E-state index in [2.05, 4.69) is 22.7 Å². The highest BCUT2D eigenvalue weighted by molar-refractivity contribution is 5.96. The normalized spacial score (nSPS) is 10.7. The average Bonchev–Trinajstić information content (AvgIpc) is 2.63. The van der Waals surface area contributed by atoms with Crippen molar-refractivity contribution >= 4 is 5.91 Å². The molecule has 0 aromatic carbocycles. The quantitative estimate of drug-likeness (QED) is 0.718. The van der Waals surface area contributed by atoms with Gasteiger partial charge in [-0.3, -0.25) is 9.48 Å². The second-order valence-corrected chi connectivity index (χ2v) is 4.37. The second kappa shape index (κ2) is 7.16. The summed E-state index contributed by atoms with van der Waals surface area (Å²) in [5.74, 6) is -0.0250. The van der Waals surface area contributed by atoms with Crippen LogP contribution in [0.5, 0.6) is 0 Å². The molecule has 5 nitrogen and oxygen atoms in total. The van der Waals surface area contributed by atoms with Gasteiger partial charge in [0.1, 0.15) is 0 Å². The fraction of sp³-hybridized carbons (Fsp3) is 0.692. The van der Waals surface area contributed by atoms with Crippen molar-refractivity contribution < 1.29 is 4.79 Å². The fourth-order valence-corrected chi connectivity index (χ4v) is 1.99. The Morgan fingerprint density at radius 1 is 1.22 bits per heavy atom. The maximum absolute atomic E-state index is 12.1. The average molecular weight is 252 g/mol. The van der Waals surface area contributed by atoms with Gasteiger partial charge in [0.05, 0.1) is 11.3 Å². The summed E-state index contributed by atoms with van der Waals surface area (Å²) in [6.07, 6.45) is 1.11. The van der Waals surface area contributed by atoms with Gasteiger partial charge in [0.25, 0.3) is 5.91 Å². The van der Waals surface area contributed by atoms with Crippen molar-refractivity contribution in [2.24, 2.45) is 0 Å². The third kappa shape index (κ3) is 3.57. The SMILES string of the molecule is CCCNCCNC(=O)c1c(C)nn(CC)c1C. The molecule has 5 heteroatoms. The van der Waals surface area contributed by atoms with Crippen LogP contribution in [-0.4, -0.2) is 35.3 Å². The lowest BCUT2D eigenvalue weighted by molar-refractivity contribution is 0.0952. The van der Waals surface area contributed by atoms with Crippen molar-refractivity contribution in [2.75, 3.05) is 19.6 Å². The van der Waals surface area contributed by atoms with Crippen LogP contribution in [0.1, 0.15) is 42.0 Å². The van der Waals surface area contributed by atoms with E-state index in [1.807, 2.05) is 25.5 Å². The van der Waals surface area contributed by atoms with Crippen LogP contribution in [0.15, 0.2) is 0 Å². The molecule has 0 saturated heterocycles. The number of hydrogen-bond acceptors (Lipinski definition) is 3. The molecule has 1 aromatic heterocycles. The smallest absolute Gasteiger partial charge is 0.255 e. The molecule has 1 rings (SSSR count). The Balaban J connectivity index is 2.54. The summed E-state index contributed by atoms with van der Waals surface area (Å²) in [7, 11) is 0. The zero-order valence-electron chi connectivity index (χ0n) is 11.8. The molecule has 0 spiro atoms. The van der Waals surface area contributed by atoms with Gasteiger partial charge in [0, 0.05) is 25.3 Å². The Hall–Kier alpha value is -1.36. The number of aryl methyl sites for hydroxylation is 2. The molecule has 0 radical (unpaired) electrons. The largest absolute Gasteiger partial charge is 0.351 e. The highest BCUT2D eigenvalue weighted by atomic mass is 16.1. The van der Waals surface area contributed by atoms with Crippen LogP contribution in [0, 0.1) is 13.8 Å². The molecule has 0 bridgehead atoms. The van der Waals surface area contributed by atoms with Crippen molar-refractivity contribution in [1.82, 2.24) is 20.4 Å². The van der Waals surface area contributed by atoms with Crippen LogP contribution >= 0.6 is 0 Å². The molecular formula is C13H24N4O. The van der Waals surface area contributed by atoms with Crippen LogP contribution in [-0.2, 0) is 6.54 Å². The van der Waals surface area contributed by atoms with Crippen LogP contribution < -0.4 is 10.6 Å². The molecular weight excluding hydrogens is 228 g/mol. The van der Waals surface area contributed by atoms with E-state index in [0.717, 1.165) is 37.4 Å². The summed E-state index contributed by atoms with van der Waals surface area (Å²) in [5, 5.41) is 10.5. The number of aromatic nitrogens is 2. The Morgan fingerprint density at radius 3 is 2.50 bits per heavy atom. The minimum absolute atomic E-state index is 0.0250. The van der Waals surface area contributed by atoms with Crippen LogP contribution in [0.25, 0.3) is 0 Å². The van der Waals surface area contributed by atoms with Gasteiger partial charge in [-0.2, -0.15) is 5.10 Å². The Kier molecular flexibility index (Phi) is 5.85. The summed E-state index contributed by atoms with van der Waals surface area (Å²) in [6.45, 7) is 11.2. The number of carbonyl (C=O) groups is 1. The third-order valence-corrected chi connectivity index (χ3v) is 2.92. The van der Waals surface area contributed by atoms with Crippen molar-refractivity contribution in [3.8, 4) is 0 Å². The highest BCUT2D eigenvalue weighted by Gasteiger charge is 2.17. The predicted octanol–water partition coefficient (Wildman–Crippen LogP) is 1.25. The van der Waals surface area contributed by atoms with E-state index in [1.54, 1.807) is 0 Å². The number of nitrogens with one attached hydrogen (secondary N) is 2. The fourth-order valence-electron chi connectivity index (χ4n) is 1.99. The molecule has 0 unspecified atom stereocenters. The molecule has 0 aliphatic heterocycles. The first kappa shape index (κ1) is 14.7. The molecule has 2 N–H and O–H groups in total. The van der Waals surface area contributed by atoms with Gasteiger partial charge in [-0.1, -0.05) is 6.92 Å². The Bertz CT molecular complexity index is 398. The highest BCUT2D eigenvalue weighted by Crippen LogP contribution is 2.12. The Labute approximate surface area is 109 Å². The molecule has 1 aromatic rings. The number of nitrogens with zero attached hydrogens (tertiary/aromatic N) is 2. The summed E-state index contributed by atoms with van der Waals surface area (Å²) < 4.78 is 1.86. The zero-order valence-corrected chi connectivity index (χ0v) is 11.8. The molecule has 0 aliphatic rings. The first-order valence-electron chi connectivity index (χ1n) is 6.64. The third-order valence-electron chi connectivity index (χ3n) is 2.92. The number of hydrogen-bond donors (Lipinski definition) is 2. The van der Waals surface area contributed by atoms with E-state index in [0.29, 0.717) is 12.1 Å². The van der Waals surface area contributed by atoms with Crippen molar-refractivity contribution in [3.05, 3.63) is 17.0 Å². The summed E-state index contributed by atoms with van der Waals surface area (Å²) in [6, 6.07) is 0. The molecule has 0 fully saturated rings. The minimum Gasteiger partial charge on any atom is -0.351 e. The van der Waals surface area contributed by atoms with Crippen molar-refractivity contribution in [3.63, 3.8) is 0 Å². The standard InChI is InChI=1S/C13H24N4O/c1-5-7-14-8-9-15-13(18)12-10(3)16-17(6-2)11(12)4/h14H,5-9H2,1-4H3,(H,15,18). The molecule has 1 amide bonds. The number of rotatable bonds is 7. The molecule has 1 heterocycles. The maximum Gasteiger partial charge on any atom is 0.255 e. The lowest BCUT2D eigenvalue weighted by Gasteiger charge is -2.06. The molecule has 0 saturated carbocycles. The summed E-state index contributed by atoms with van der Waals surface area (Å²) >= 11 is 0. The van der Waals surface area contributed by atoms with Gasteiger partial charge in [-0.25, -0.2) is 0 Å². The van der Waals surface area contributed by atoms with Crippen LogP contribution in [0.4, 0.5) is 0 Å². The Morgan fingerprint density at radius 2 is 1.94 bits per heavy atom. The van der Waals surface area contributed by atoms with E-state index in [1.165, 1.54) is 0 Å².